The minimum absolute atomic E-state index is 0.0248. The molecule has 0 atom stereocenters. The van der Waals surface area contributed by atoms with Gasteiger partial charge in [-0.05, 0) is 43.7 Å². The van der Waals surface area contributed by atoms with Gasteiger partial charge in [-0.15, -0.1) is 10.2 Å². The van der Waals surface area contributed by atoms with E-state index in [9.17, 15) is 18.0 Å². The van der Waals surface area contributed by atoms with Crippen LogP contribution in [-0.2, 0) is 17.5 Å². The van der Waals surface area contributed by atoms with E-state index < -0.39 is 17.6 Å². The summed E-state index contributed by atoms with van der Waals surface area (Å²) < 4.78 is 40.3. The topological polar surface area (TPSA) is 59.8 Å². The molecule has 0 spiro atoms. The minimum atomic E-state index is -4.47. The zero-order valence-electron chi connectivity index (χ0n) is 16.1. The highest BCUT2D eigenvalue weighted by Gasteiger charge is 2.30. The Morgan fingerprint density at radius 1 is 1.20 bits per heavy atom. The third-order valence-electron chi connectivity index (χ3n) is 4.27. The first-order chi connectivity index (χ1) is 14.2. The van der Waals surface area contributed by atoms with Gasteiger partial charge in [0.25, 0.3) is 0 Å². The molecular formula is C20H18ClF3N4OS. The van der Waals surface area contributed by atoms with E-state index in [1.54, 1.807) is 0 Å². The number of carbonyl (C=O) groups excluding carboxylic acids is 1. The van der Waals surface area contributed by atoms with E-state index in [4.69, 9.17) is 11.6 Å². The van der Waals surface area contributed by atoms with Gasteiger partial charge >= 0.3 is 6.18 Å². The fraction of sp³-hybridized carbons (Fsp3) is 0.250. The average molecular weight is 455 g/mol. The highest BCUT2D eigenvalue weighted by atomic mass is 35.5. The number of carbonyl (C=O) groups is 1. The lowest BCUT2D eigenvalue weighted by Gasteiger charge is -2.10. The summed E-state index contributed by atoms with van der Waals surface area (Å²) in [6.45, 7) is 4.40. The molecule has 0 unspecified atom stereocenters. The number of thioether (sulfide) groups is 1. The first-order valence-electron chi connectivity index (χ1n) is 8.98. The fourth-order valence-corrected chi connectivity index (χ4v) is 3.71. The van der Waals surface area contributed by atoms with E-state index in [0.29, 0.717) is 22.5 Å². The molecule has 2 aromatic carbocycles. The van der Waals surface area contributed by atoms with Gasteiger partial charge in [-0.2, -0.15) is 13.2 Å². The highest BCUT2D eigenvalue weighted by molar-refractivity contribution is 7.99. The molecule has 0 aliphatic carbocycles. The predicted octanol–water partition coefficient (Wildman–Crippen LogP) is 5.68. The molecule has 3 rings (SSSR count). The van der Waals surface area contributed by atoms with Crippen LogP contribution in [0.25, 0.3) is 11.4 Å². The number of hydrogen-bond donors (Lipinski definition) is 1. The number of amides is 1. The van der Waals surface area contributed by atoms with Gasteiger partial charge in [0.05, 0.1) is 11.3 Å². The lowest BCUT2D eigenvalue weighted by atomic mass is 10.1. The third kappa shape index (κ3) is 5.14. The summed E-state index contributed by atoms with van der Waals surface area (Å²) in [6, 6.07) is 10.1. The van der Waals surface area contributed by atoms with Gasteiger partial charge in [0.2, 0.25) is 5.91 Å². The molecule has 30 heavy (non-hydrogen) atoms. The van der Waals surface area contributed by atoms with Crippen molar-refractivity contribution in [2.45, 2.75) is 31.7 Å². The predicted molar refractivity (Wildman–Crippen MR) is 112 cm³/mol. The summed E-state index contributed by atoms with van der Waals surface area (Å²) in [5.74, 6) is 0.161. The molecule has 5 nitrogen and oxygen atoms in total. The zero-order chi connectivity index (χ0) is 21.9. The summed E-state index contributed by atoms with van der Waals surface area (Å²) in [6.07, 6.45) is -4.47. The summed E-state index contributed by atoms with van der Waals surface area (Å²) in [7, 11) is 0. The third-order valence-corrected chi connectivity index (χ3v) is 5.64. The van der Waals surface area contributed by atoms with Crippen LogP contribution in [-0.4, -0.2) is 26.4 Å². The van der Waals surface area contributed by atoms with Crippen molar-refractivity contribution < 1.29 is 18.0 Å². The molecular weight excluding hydrogens is 437 g/mol. The number of anilines is 1. The Bertz CT molecular complexity index is 1070. The lowest BCUT2D eigenvalue weighted by Crippen LogP contribution is -2.15. The van der Waals surface area contributed by atoms with Gasteiger partial charge in [-0.25, -0.2) is 0 Å². The molecule has 3 aromatic rings. The quantitative estimate of drug-likeness (QED) is 0.487. The van der Waals surface area contributed by atoms with Crippen LogP contribution < -0.4 is 5.32 Å². The van der Waals surface area contributed by atoms with Crippen LogP contribution in [0.15, 0.2) is 47.6 Å². The number of aromatic nitrogens is 3. The normalized spacial score (nSPS) is 11.5. The number of rotatable bonds is 6. The van der Waals surface area contributed by atoms with Crippen LogP contribution in [0.5, 0.6) is 0 Å². The number of halogens is 4. The minimum Gasteiger partial charge on any atom is -0.325 e. The van der Waals surface area contributed by atoms with Gasteiger partial charge in [0.15, 0.2) is 11.0 Å². The number of hydrogen-bond acceptors (Lipinski definition) is 4. The van der Waals surface area contributed by atoms with E-state index in [2.05, 4.69) is 15.5 Å². The molecule has 1 aromatic heterocycles. The Morgan fingerprint density at radius 2 is 1.97 bits per heavy atom. The van der Waals surface area contributed by atoms with Gasteiger partial charge < -0.3 is 9.88 Å². The van der Waals surface area contributed by atoms with Crippen LogP contribution in [0.1, 0.15) is 18.1 Å². The van der Waals surface area contributed by atoms with Crippen molar-refractivity contribution >= 4 is 35.0 Å². The molecule has 0 saturated carbocycles. The van der Waals surface area contributed by atoms with Crippen molar-refractivity contribution in [3.8, 4) is 11.4 Å². The van der Waals surface area contributed by atoms with Crippen molar-refractivity contribution in [1.29, 1.82) is 0 Å². The Kier molecular flexibility index (Phi) is 6.72. The molecule has 0 aliphatic rings. The Hall–Kier alpha value is -2.52. The maximum atomic E-state index is 12.8. The maximum Gasteiger partial charge on any atom is 0.416 e. The van der Waals surface area contributed by atoms with E-state index in [-0.39, 0.29) is 11.4 Å². The van der Waals surface area contributed by atoms with Crippen LogP contribution in [0.2, 0.25) is 5.02 Å². The van der Waals surface area contributed by atoms with Gasteiger partial charge in [-0.3, -0.25) is 4.79 Å². The van der Waals surface area contributed by atoms with Crippen molar-refractivity contribution in [1.82, 2.24) is 14.8 Å². The molecule has 0 radical (unpaired) electrons. The molecule has 1 heterocycles. The first kappa shape index (κ1) is 22.2. The van der Waals surface area contributed by atoms with Crippen LogP contribution in [0, 0.1) is 6.92 Å². The van der Waals surface area contributed by atoms with Gasteiger partial charge in [0.1, 0.15) is 0 Å². The van der Waals surface area contributed by atoms with Gasteiger partial charge in [-0.1, -0.05) is 41.6 Å². The number of aryl methyl sites for hydroxylation is 1. The number of nitrogens with zero attached hydrogens (tertiary/aromatic N) is 3. The van der Waals surface area contributed by atoms with Crippen LogP contribution >= 0.6 is 23.4 Å². The number of benzene rings is 2. The molecule has 0 aliphatic heterocycles. The molecule has 0 bridgehead atoms. The Labute approximate surface area is 180 Å². The largest absolute Gasteiger partial charge is 0.416 e. The van der Waals surface area contributed by atoms with Gasteiger partial charge in [0, 0.05) is 22.8 Å². The monoisotopic (exact) mass is 454 g/mol. The number of nitrogens with one attached hydrogen (secondary N) is 1. The Morgan fingerprint density at radius 3 is 2.63 bits per heavy atom. The SMILES string of the molecule is CCn1c(SCC(=O)Nc2cccc(C(F)(F)F)c2)nnc1-c1ccc(C)c(Cl)c1. The van der Waals surface area contributed by atoms with E-state index in [0.717, 1.165) is 35.0 Å². The van der Waals surface area contributed by atoms with Crippen molar-refractivity contribution in [2.75, 3.05) is 11.1 Å². The second kappa shape index (κ2) is 9.09. The summed E-state index contributed by atoms with van der Waals surface area (Å²) >= 11 is 7.35. The summed E-state index contributed by atoms with van der Waals surface area (Å²) in [4.78, 5) is 12.2. The lowest BCUT2D eigenvalue weighted by molar-refractivity contribution is -0.137. The standard InChI is InChI=1S/C20H18ClF3N4OS/c1-3-28-18(13-8-7-12(2)16(21)9-13)26-27-19(28)30-11-17(29)25-15-6-4-5-14(10-15)20(22,23)24/h4-10H,3,11H2,1-2H3,(H,25,29). The van der Waals surface area contributed by atoms with E-state index >= 15 is 0 Å². The summed E-state index contributed by atoms with van der Waals surface area (Å²) in [5.41, 5.74) is 1.02. The maximum absolute atomic E-state index is 12.8. The zero-order valence-corrected chi connectivity index (χ0v) is 17.7. The van der Waals surface area contributed by atoms with Crippen molar-refractivity contribution in [3.63, 3.8) is 0 Å². The van der Waals surface area contributed by atoms with Crippen LogP contribution in [0.4, 0.5) is 18.9 Å². The molecule has 1 N–H and O–H groups in total. The highest BCUT2D eigenvalue weighted by Crippen LogP contribution is 2.31. The second-order valence-electron chi connectivity index (χ2n) is 6.43. The smallest absolute Gasteiger partial charge is 0.325 e. The van der Waals surface area contributed by atoms with E-state index in [1.807, 2.05) is 36.6 Å². The first-order valence-corrected chi connectivity index (χ1v) is 10.3. The molecule has 10 heteroatoms. The molecule has 158 valence electrons. The van der Waals surface area contributed by atoms with Crippen molar-refractivity contribution in [2.24, 2.45) is 0 Å². The van der Waals surface area contributed by atoms with Crippen molar-refractivity contribution in [3.05, 3.63) is 58.6 Å². The molecule has 0 fully saturated rings. The fourth-order valence-electron chi connectivity index (χ4n) is 2.73. The average Bonchev–Trinajstić information content (AvgIpc) is 3.11. The molecule has 1 amide bonds. The molecule has 0 saturated heterocycles. The summed E-state index contributed by atoms with van der Waals surface area (Å²) in [5, 5.41) is 12.0. The second-order valence-corrected chi connectivity index (χ2v) is 7.78. The Balaban J connectivity index is 1.69. The van der Waals surface area contributed by atoms with Crippen LogP contribution in [0.3, 0.4) is 0 Å². The number of alkyl halides is 3. The van der Waals surface area contributed by atoms with E-state index in [1.165, 1.54) is 12.1 Å².